The zero-order valence-corrected chi connectivity index (χ0v) is 8.87. The summed E-state index contributed by atoms with van der Waals surface area (Å²) in [7, 11) is 0. The van der Waals surface area contributed by atoms with Crippen LogP contribution in [0.5, 0.6) is 0 Å². The van der Waals surface area contributed by atoms with Gasteiger partial charge in [0.2, 0.25) is 0 Å². The lowest BCUT2D eigenvalue weighted by Crippen LogP contribution is -2.35. The molecule has 1 aliphatic rings. The second-order valence-electron chi connectivity index (χ2n) is 3.80. The van der Waals surface area contributed by atoms with Crippen molar-refractivity contribution >= 4 is 27.5 Å². The van der Waals surface area contributed by atoms with Gasteiger partial charge in [0, 0.05) is 10.2 Å². The van der Waals surface area contributed by atoms with Crippen molar-refractivity contribution in [3.8, 4) is 0 Å². The average molecular weight is 226 g/mol. The molecular weight excluding hydrogens is 211 g/mol. The summed E-state index contributed by atoms with van der Waals surface area (Å²) in [5.74, 6) is 0. The predicted molar refractivity (Wildman–Crippen MR) is 50.0 cm³/mol. The van der Waals surface area contributed by atoms with Crippen molar-refractivity contribution in [3.05, 3.63) is 0 Å². The first kappa shape index (κ1) is 8.86. The fourth-order valence-electron chi connectivity index (χ4n) is 1.53. The average Bonchev–Trinajstić information content (AvgIpc) is 1.83. The van der Waals surface area contributed by atoms with Crippen molar-refractivity contribution in [2.75, 3.05) is 0 Å². The summed E-state index contributed by atoms with van der Waals surface area (Å²) in [6.45, 7) is 4.56. The summed E-state index contributed by atoms with van der Waals surface area (Å²) in [4.78, 5) is 0.496. The molecule has 0 aromatic carbocycles. The molecule has 0 bridgehead atoms. The molecule has 1 aliphatic carbocycles. The summed E-state index contributed by atoms with van der Waals surface area (Å²) in [5.41, 5.74) is 0.394. The maximum absolute atomic E-state index is 6.10. The van der Waals surface area contributed by atoms with Gasteiger partial charge in [-0.25, -0.2) is 0 Å². The molecule has 0 amide bonds. The van der Waals surface area contributed by atoms with Crippen molar-refractivity contribution in [1.29, 1.82) is 0 Å². The lowest BCUT2D eigenvalue weighted by molar-refractivity contribution is 0.264. The first-order chi connectivity index (χ1) is 4.54. The van der Waals surface area contributed by atoms with Crippen LogP contribution in [0.3, 0.4) is 0 Å². The van der Waals surface area contributed by atoms with Gasteiger partial charge in [-0.3, -0.25) is 0 Å². The minimum Gasteiger partial charge on any atom is -0.122 e. The fourth-order valence-corrected chi connectivity index (χ4v) is 2.52. The molecule has 1 fully saturated rings. The monoisotopic (exact) mass is 224 g/mol. The molecule has 2 heteroatoms. The van der Waals surface area contributed by atoms with Gasteiger partial charge in [0.1, 0.15) is 0 Å². The zero-order valence-electron chi connectivity index (χ0n) is 6.53. The van der Waals surface area contributed by atoms with E-state index in [0.29, 0.717) is 15.6 Å². The van der Waals surface area contributed by atoms with Gasteiger partial charge in [0.25, 0.3) is 0 Å². The molecule has 0 saturated heterocycles. The van der Waals surface area contributed by atoms with Crippen LogP contribution in [-0.2, 0) is 0 Å². The summed E-state index contributed by atoms with van der Waals surface area (Å²) in [6, 6.07) is 0. The Morgan fingerprint density at radius 2 is 2.10 bits per heavy atom. The predicted octanol–water partition coefficient (Wildman–Crippen LogP) is 3.57. The summed E-state index contributed by atoms with van der Waals surface area (Å²) < 4.78 is 0. The molecule has 2 atom stereocenters. The van der Waals surface area contributed by atoms with Gasteiger partial charge in [0.05, 0.1) is 0 Å². The van der Waals surface area contributed by atoms with Crippen molar-refractivity contribution in [3.63, 3.8) is 0 Å². The molecule has 0 aromatic rings. The van der Waals surface area contributed by atoms with Crippen molar-refractivity contribution in [1.82, 2.24) is 0 Å². The van der Waals surface area contributed by atoms with E-state index < -0.39 is 0 Å². The number of halogens is 2. The Kier molecular flexibility index (Phi) is 2.68. The SMILES string of the molecule is CC1(C)CCCC(Cl)C1Br. The molecule has 1 rings (SSSR count). The van der Waals surface area contributed by atoms with Crippen LogP contribution in [0.2, 0.25) is 0 Å². The van der Waals surface area contributed by atoms with Gasteiger partial charge in [0.15, 0.2) is 0 Å². The van der Waals surface area contributed by atoms with E-state index in [0.717, 1.165) is 0 Å². The van der Waals surface area contributed by atoms with Crippen LogP contribution in [0.1, 0.15) is 33.1 Å². The molecule has 0 radical (unpaired) electrons. The zero-order chi connectivity index (χ0) is 7.78. The molecule has 0 nitrogen and oxygen atoms in total. The second-order valence-corrected chi connectivity index (χ2v) is 5.35. The summed E-state index contributed by atoms with van der Waals surface area (Å²) in [6.07, 6.45) is 3.75. The van der Waals surface area contributed by atoms with Crippen LogP contribution >= 0.6 is 27.5 Å². The Morgan fingerprint density at radius 1 is 1.50 bits per heavy atom. The quantitative estimate of drug-likeness (QED) is 0.553. The highest BCUT2D eigenvalue weighted by Crippen LogP contribution is 2.42. The third-order valence-corrected chi connectivity index (χ3v) is 5.02. The van der Waals surface area contributed by atoms with Gasteiger partial charge in [-0.05, 0) is 18.3 Å². The van der Waals surface area contributed by atoms with Crippen molar-refractivity contribution in [2.24, 2.45) is 5.41 Å². The van der Waals surface area contributed by atoms with Gasteiger partial charge in [-0.2, -0.15) is 0 Å². The Balaban J connectivity index is 2.60. The molecular formula is C8H14BrCl. The first-order valence-corrected chi connectivity index (χ1v) is 5.17. The lowest BCUT2D eigenvalue weighted by atomic mass is 9.77. The van der Waals surface area contributed by atoms with Crippen LogP contribution < -0.4 is 0 Å². The standard InChI is InChI=1S/C8H14BrCl/c1-8(2)5-3-4-6(10)7(8)9/h6-7H,3-5H2,1-2H3. The molecule has 1 saturated carbocycles. The number of rotatable bonds is 0. The highest BCUT2D eigenvalue weighted by molar-refractivity contribution is 9.09. The van der Waals surface area contributed by atoms with Crippen molar-refractivity contribution < 1.29 is 0 Å². The van der Waals surface area contributed by atoms with E-state index in [1.807, 2.05) is 0 Å². The maximum atomic E-state index is 6.10. The second kappa shape index (κ2) is 3.02. The largest absolute Gasteiger partial charge is 0.122 e. The molecule has 2 unspecified atom stereocenters. The molecule has 0 N–H and O–H groups in total. The molecule has 0 aromatic heterocycles. The van der Waals surface area contributed by atoms with Crippen LogP contribution in [0.4, 0.5) is 0 Å². The van der Waals surface area contributed by atoms with Gasteiger partial charge in [-0.1, -0.05) is 36.2 Å². The summed E-state index contributed by atoms with van der Waals surface area (Å²) in [5, 5.41) is 0.337. The third-order valence-electron chi connectivity index (χ3n) is 2.37. The molecule has 0 heterocycles. The molecule has 10 heavy (non-hydrogen) atoms. The van der Waals surface area contributed by atoms with E-state index in [1.165, 1.54) is 19.3 Å². The highest BCUT2D eigenvalue weighted by atomic mass is 79.9. The maximum Gasteiger partial charge on any atom is 0.0466 e. The third kappa shape index (κ3) is 1.68. The smallest absolute Gasteiger partial charge is 0.0466 e. The highest BCUT2D eigenvalue weighted by Gasteiger charge is 2.35. The topological polar surface area (TPSA) is 0 Å². The number of hydrogen-bond acceptors (Lipinski definition) is 0. The van der Waals surface area contributed by atoms with Gasteiger partial charge >= 0.3 is 0 Å². The summed E-state index contributed by atoms with van der Waals surface area (Å²) >= 11 is 9.75. The Labute approximate surface area is 76.5 Å². The van der Waals surface area contributed by atoms with E-state index >= 15 is 0 Å². The van der Waals surface area contributed by atoms with E-state index in [-0.39, 0.29) is 0 Å². The Bertz CT molecular complexity index is 122. The minimum absolute atomic E-state index is 0.337. The number of hydrogen-bond donors (Lipinski definition) is 0. The van der Waals surface area contributed by atoms with Crippen molar-refractivity contribution in [2.45, 2.75) is 43.3 Å². The van der Waals surface area contributed by atoms with Crippen LogP contribution in [-0.4, -0.2) is 10.2 Å². The van der Waals surface area contributed by atoms with E-state index in [4.69, 9.17) is 11.6 Å². The fraction of sp³-hybridized carbons (Fsp3) is 1.00. The molecule has 0 spiro atoms. The van der Waals surface area contributed by atoms with Crippen LogP contribution in [0.15, 0.2) is 0 Å². The lowest BCUT2D eigenvalue weighted by Gasteiger charge is -2.38. The Hall–Kier alpha value is 0.770. The van der Waals surface area contributed by atoms with E-state index in [9.17, 15) is 0 Å². The van der Waals surface area contributed by atoms with Crippen LogP contribution in [0.25, 0.3) is 0 Å². The molecule has 0 aliphatic heterocycles. The first-order valence-electron chi connectivity index (χ1n) is 3.82. The van der Waals surface area contributed by atoms with Crippen LogP contribution in [0, 0.1) is 5.41 Å². The van der Waals surface area contributed by atoms with E-state index in [1.54, 1.807) is 0 Å². The minimum atomic E-state index is 0.337. The molecule has 60 valence electrons. The van der Waals surface area contributed by atoms with Gasteiger partial charge in [-0.15, -0.1) is 11.6 Å². The van der Waals surface area contributed by atoms with Gasteiger partial charge < -0.3 is 0 Å². The number of alkyl halides is 2. The Morgan fingerprint density at radius 3 is 2.50 bits per heavy atom. The van der Waals surface area contributed by atoms with E-state index in [2.05, 4.69) is 29.8 Å². The normalized spacial score (nSPS) is 39.6.